The highest BCUT2D eigenvalue weighted by molar-refractivity contribution is 7.89. The molecule has 1 aliphatic carbocycles. The fourth-order valence-corrected chi connectivity index (χ4v) is 5.37. The number of fused-ring (bicyclic) bond motifs is 1. The van der Waals surface area contributed by atoms with Crippen LogP contribution in [-0.2, 0) is 10.0 Å². The van der Waals surface area contributed by atoms with Gasteiger partial charge in [-0.3, -0.25) is 0 Å². The summed E-state index contributed by atoms with van der Waals surface area (Å²) in [5.41, 5.74) is 1.45. The number of aliphatic hydroxyl groups is 1. The molecule has 0 spiro atoms. The molecule has 3 atom stereocenters. The van der Waals surface area contributed by atoms with Crippen molar-refractivity contribution in [3.05, 3.63) is 42.2 Å². The van der Waals surface area contributed by atoms with Gasteiger partial charge in [0.15, 0.2) is 0 Å². The molecule has 1 aromatic carbocycles. The number of nitrogens with zero attached hydrogens (tertiary/aromatic N) is 3. The normalized spacial score (nSPS) is 27.7. The first-order valence-corrected chi connectivity index (χ1v) is 9.20. The van der Waals surface area contributed by atoms with Crippen molar-refractivity contribution in [2.75, 3.05) is 13.1 Å². The second-order valence-electron chi connectivity index (χ2n) is 6.45. The number of aromatic nitrogens is 2. The average molecular weight is 333 g/mol. The van der Waals surface area contributed by atoms with Crippen molar-refractivity contribution in [1.29, 1.82) is 0 Å². The molecule has 1 aromatic heterocycles. The minimum absolute atomic E-state index is 0.0966. The van der Waals surface area contributed by atoms with Crippen molar-refractivity contribution < 1.29 is 13.5 Å². The van der Waals surface area contributed by atoms with Gasteiger partial charge in [0.25, 0.3) is 0 Å². The zero-order valence-electron chi connectivity index (χ0n) is 12.8. The van der Waals surface area contributed by atoms with Crippen LogP contribution in [0.4, 0.5) is 0 Å². The van der Waals surface area contributed by atoms with Crippen molar-refractivity contribution >= 4 is 10.0 Å². The molecule has 122 valence electrons. The fraction of sp³-hybridized carbons (Fsp3) is 0.438. The molecule has 23 heavy (non-hydrogen) atoms. The van der Waals surface area contributed by atoms with Crippen molar-refractivity contribution in [2.24, 2.45) is 11.8 Å². The second-order valence-corrected chi connectivity index (χ2v) is 8.36. The number of aliphatic hydroxyl groups excluding tert-OH is 1. The molecule has 0 bridgehead atoms. The van der Waals surface area contributed by atoms with Gasteiger partial charge in [-0.15, -0.1) is 0 Å². The third-order valence-electron chi connectivity index (χ3n) is 5.06. The first-order valence-electron chi connectivity index (χ1n) is 7.76. The third-order valence-corrected chi connectivity index (χ3v) is 7.03. The number of benzene rings is 1. The van der Waals surface area contributed by atoms with Crippen molar-refractivity contribution in [1.82, 2.24) is 14.1 Å². The van der Waals surface area contributed by atoms with E-state index in [0.717, 1.165) is 11.3 Å². The Morgan fingerprint density at radius 1 is 1.30 bits per heavy atom. The summed E-state index contributed by atoms with van der Waals surface area (Å²) in [6.45, 7) is 2.73. The standard InChI is InChI=1S/C16H19N3O3S/c1-11-3-4-13(19-6-2-5-17-19)8-16(11)23(21,22)18-9-12-7-15(20)14(12)10-18/h2-6,8,12,14-15,20H,7,9-10H2,1H3/t12-,14+,15-/m1/s1. The monoisotopic (exact) mass is 333 g/mol. The van der Waals surface area contributed by atoms with E-state index in [1.54, 1.807) is 36.1 Å². The van der Waals surface area contributed by atoms with Crippen molar-refractivity contribution in [3.63, 3.8) is 0 Å². The van der Waals surface area contributed by atoms with Crippen molar-refractivity contribution in [3.8, 4) is 5.69 Å². The summed E-state index contributed by atoms with van der Waals surface area (Å²) in [5, 5.41) is 13.9. The zero-order valence-corrected chi connectivity index (χ0v) is 13.6. The van der Waals surface area contributed by atoms with Crippen LogP contribution >= 0.6 is 0 Å². The largest absolute Gasteiger partial charge is 0.393 e. The maximum absolute atomic E-state index is 13.0. The number of hydrogen-bond donors (Lipinski definition) is 1. The Kier molecular flexibility index (Phi) is 3.33. The van der Waals surface area contributed by atoms with E-state index in [1.807, 2.05) is 12.1 Å². The van der Waals surface area contributed by atoms with Crippen LogP contribution < -0.4 is 0 Å². The lowest BCUT2D eigenvalue weighted by atomic mass is 9.74. The van der Waals surface area contributed by atoms with Gasteiger partial charge in [0.05, 0.1) is 16.7 Å². The Morgan fingerprint density at radius 3 is 2.78 bits per heavy atom. The molecule has 0 unspecified atom stereocenters. The van der Waals surface area contributed by atoms with Gasteiger partial charge in [0.2, 0.25) is 10.0 Å². The summed E-state index contributed by atoms with van der Waals surface area (Å²) in [7, 11) is -3.55. The Labute approximate surface area is 135 Å². The van der Waals surface area contributed by atoms with Gasteiger partial charge in [0.1, 0.15) is 0 Å². The summed E-state index contributed by atoms with van der Waals surface area (Å²) in [6.07, 6.45) is 3.81. The summed E-state index contributed by atoms with van der Waals surface area (Å²) < 4.78 is 29.2. The first kappa shape index (κ1) is 14.9. The van der Waals surface area contributed by atoms with Crippen LogP contribution in [0.15, 0.2) is 41.6 Å². The fourth-order valence-electron chi connectivity index (χ4n) is 3.60. The molecule has 2 heterocycles. The third kappa shape index (κ3) is 2.31. The molecular formula is C16H19N3O3S. The van der Waals surface area contributed by atoms with E-state index in [-0.39, 0.29) is 12.0 Å². The molecule has 4 rings (SSSR count). The lowest BCUT2D eigenvalue weighted by Gasteiger charge is -2.34. The van der Waals surface area contributed by atoms with E-state index >= 15 is 0 Å². The van der Waals surface area contributed by atoms with Gasteiger partial charge < -0.3 is 5.11 Å². The molecule has 6 nitrogen and oxygen atoms in total. The second kappa shape index (κ2) is 5.15. The van der Waals surface area contributed by atoms with E-state index in [9.17, 15) is 13.5 Å². The molecular weight excluding hydrogens is 314 g/mol. The summed E-state index contributed by atoms with van der Waals surface area (Å²) in [4.78, 5) is 0.321. The van der Waals surface area contributed by atoms with Gasteiger partial charge in [-0.2, -0.15) is 9.40 Å². The average Bonchev–Trinajstić information content (AvgIpc) is 3.14. The maximum Gasteiger partial charge on any atom is 0.243 e. The molecule has 2 aliphatic rings. The van der Waals surface area contributed by atoms with Crippen LogP contribution in [0.5, 0.6) is 0 Å². The Morgan fingerprint density at radius 2 is 2.13 bits per heavy atom. The van der Waals surface area contributed by atoms with Gasteiger partial charge in [-0.1, -0.05) is 6.07 Å². The number of aryl methyl sites for hydroxylation is 1. The Hall–Kier alpha value is -1.70. The maximum atomic E-state index is 13.0. The SMILES string of the molecule is Cc1ccc(-n2cccn2)cc1S(=O)(=O)N1C[C@H]2C[C@@H](O)[C@H]2C1. The van der Waals surface area contributed by atoms with Crippen LogP contribution in [0.25, 0.3) is 5.69 Å². The predicted molar refractivity (Wildman–Crippen MR) is 84.7 cm³/mol. The molecule has 2 aromatic rings. The predicted octanol–water partition coefficient (Wildman–Crippen LogP) is 1.18. The number of sulfonamides is 1. The molecule has 7 heteroatoms. The van der Waals surface area contributed by atoms with Crippen molar-refractivity contribution in [2.45, 2.75) is 24.3 Å². The van der Waals surface area contributed by atoms with E-state index in [1.165, 1.54) is 4.31 Å². The minimum Gasteiger partial charge on any atom is -0.393 e. The van der Waals surface area contributed by atoms with Crippen LogP contribution in [0.1, 0.15) is 12.0 Å². The minimum atomic E-state index is -3.55. The van der Waals surface area contributed by atoms with E-state index in [0.29, 0.717) is 30.3 Å². The van der Waals surface area contributed by atoms with Crippen LogP contribution in [0, 0.1) is 18.8 Å². The molecule has 1 saturated carbocycles. The van der Waals surface area contributed by atoms with E-state index < -0.39 is 10.0 Å². The first-order chi connectivity index (χ1) is 11.0. The topological polar surface area (TPSA) is 75.4 Å². The number of hydrogen-bond acceptors (Lipinski definition) is 4. The molecule has 0 radical (unpaired) electrons. The Bertz CT molecular complexity index is 832. The quantitative estimate of drug-likeness (QED) is 0.915. The van der Waals surface area contributed by atoms with Crippen LogP contribution in [0.2, 0.25) is 0 Å². The lowest BCUT2D eigenvalue weighted by molar-refractivity contribution is -0.00416. The molecule has 1 N–H and O–H groups in total. The zero-order chi connectivity index (χ0) is 16.2. The van der Waals surface area contributed by atoms with E-state index in [2.05, 4.69) is 5.10 Å². The van der Waals surface area contributed by atoms with Gasteiger partial charge in [0, 0.05) is 31.4 Å². The van der Waals surface area contributed by atoms with Gasteiger partial charge in [-0.25, -0.2) is 13.1 Å². The number of rotatable bonds is 3. The summed E-state index contributed by atoms with van der Waals surface area (Å²) >= 11 is 0. The van der Waals surface area contributed by atoms with E-state index in [4.69, 9.17) is 0 Å². The Balaban J connectivity index is 1.70. The summed E-state index contributed by atoms with van der Waals surface area (Å²) in [6, 6.07) is 7.14. The molecule has 0 amide bonds. The molecule has 1 saturated heterocycles. The highest BCUT2D eigenvalue weighted by atomic mass is 32.2. The van der Waals surface area contributed by atoms with Gasteiger partial charge >= 0.3 is 0 Å². The smallest absolute Gasteiger partial charge is 0.243 e. The molecule has 1 aliphatic heterocycles. The summed E-state index contributed by atoms with van der Waals surface area (Å²) in [5.74, 6) is 0.397. The lowest BCUT2D eigenvalue weighted by Crippen LogP contribution is -2.39. The molecule has 2 fully saturated rings. The highest BCUT2D eigenvalue weighted by Gasteiger charge is 2.49. The van der Waals surface area contributed by atoms with Crippen LogP contribution in [0.3, 0.4) is 0 Å². The van der Waals surface area contributed by atoms with Crippen LogP contribution in [-0.4, -0.2) is 46.8 Å². The highest BCUT2D eigenvalue weighted by Crippen LogP contribution is 2.42. The van der Waals surface area contributed by atoms with Gasteiger partial charge in [-0.05, 0) is 43.0 Å².